The molecule has 0 radical (unpaired) electrons. The Labute approximate surface area is 231 Å². The van der Waals surface area contributed by atoms with Gasteiger partial charge in [0.2, 0.25) is 0 Å². The molecule has 0 N–H and O–H groups in total. The molecule has 0 spiro atoms. The van der Waals surface area contributed by atoms with Crippen molar-refractivity contribution in [1.29, 1.82) is 0 Å². The lowest BCUT2D eigenvalue weighted by molar-refractivity contribution is 0.917. The molecule has 1 heterocycles. The van der Waals surface area contributed by atoms with Gasteiger partial charge in [-0.25, -0.2) is 0 Å². The van der Waals surface area contributed by atoms with Crippen molar-refractivity contribution in [2.45, 2.75) is 32.6 Å². The van der Waals surface area contributed by atoms with Crippen LogP contribution in [0.25, 0.3) is 27.7 Å². The van der Waals surface area contributed by atoms with Gasteiger partial charge in [0.1, 0.15) is 0 Å². The number of benzene rings is 4. The Balaban J connectivity index is 1.47. The second kappa shape index (κ2) is 11.0. The first-order valence-corrected chi connectivity index (χ1v) is 13.9. The third-order valence-corrected chi connectivity index (χ3v) is 7.68. The van der Waals surface area contributed by atoms with E-state index in [-0.39, 0.29) is 0 Å². The summed E-state index contributed by atoms with van der Waals surface area (Å²) in [5.41, 5.74) is 11.3. The van der Waals surface area contributed by atoms with Gasteiger partial charge in [-0.1, -0.05) is 72.8 Å². The number of aryl methyl sites for hydroxylation is 1. The molecule has 0 atom stereocenters. The number of para-hydroxylation sites is 2. The summed E-state index contributed by atoms with van der Waals surface area (Å²) >= 11 is 0. The van der Waals surface area contributed by atoms with E-state index in [1.54, 1.807) is 0 Å². The van der Waals surface area contributed by atoms with Gasteiger partial charge in [0, 0.05) is 33.8 Å². The molecule has 1 aliphatic carbocycles. The van der Waals surface area contributed by atoms with E-state index >= 15 is 0 Å². The first kappa shape index (κ1) is 24.8. The van der Waals surface area contributed by atoms with Crippen molar-refractivity contribution in [3.05, 3.63) is 145 Å². The molecule has 1 aromatic heterocycles. The fourth-order valence-corrected chi connectivity index (χ4v) is 5.80. The number of hydrogen-bond donors (Lipinski definition) is 0. The van der Waals surface area contributed by atoms with Crippen molar-refractivity contribution in [2.75, 3.05) is 4.90 Å². The summed E-state index contributed by atoms with van der Waals surface area (Å²) < 4.78 is 2.48. The monoisotopic (exact) mass is 506 g/mol. The van der Waals surface area contributed by atoms with Crippen molar-refractivity contribution < 1.29 is 0 Å². The minimum Gasteiger partial charge on any atom is -0.317 e. The number of rotatable bonds is 8. The zero-order valence-corrected chi connectivity index (χ0v) is 22.6. The molecular formula is C37H34N2. The molecule has 0 saturated carbocycles. The highest BCUT2D eigenvalue weighted by molar-refractivity contribution is 5.93. The number of allylic oxidation sites excluding steroid dienone is 5. The summed E-state index contributed by atoms with van der Waals surface area (Å²) in [4.78, 5) is 2.32. The third kappa shape index (κ3) is 4.86. The van der Waals surface area contributed by atoms with Crippen LogP contribution in [0, 0.1) is 6.92 Å². The maximum absolute atomic E-state index is 3.99. The maximum Gasteiger partial charge on any atom is 0.0531 e. The van der Waals surface area contributed by atoms with Gasteiger partial charge in [-0.05, 0) is 104 Å². The van der Waals surface area contributed by atoms with Crippen LogP contribution in [0.1, 0.15) is 30.5 Å². The van der Waals surface area contributed by atoms with Crippen LogP contribution < -0.4 is 4.90 Å². The predicted octanol–water partition coefficient (Wildman–Crippen LogP) is 10.4. The number of fused-ring (bicyclic) bond motifs is 1. The van der Waals surface area contributed by atoms with Gasteiger partial charge in [-0.2, -0.15) is 0 Å². The van der Waals surface area contributed by atoms with Crippen LogP contribution in [0.4, 0.5) is 17.1 Å². The van der Waals surface area contributed by atoms with Gasteiger partial charge in [0.05, 0.1) is 5.52 Å². The minimum absolute atomic E-state index is 0.974. The Kier molecular flexibility index (Phi) is 7.01. The van der Waals surface area contributed by atoms with Crippen LogP contribution in [0.15, 0.2) is 134 Å². The van der Waals surface area contributed by atoms with E-state index in [0.717, 1.165) is 42.7 Å². The molecule has 0 bridgehead atoms. The molecular weight excluding hydrogens is 472 g/mol. The van der Waals surface area contributed by atoms with Crippen LogP contribution in [-0.4, -0.2) is 4.57 Å². The summed E-state index contributed by atoms with van der Waals surface area (Å²) in [6.45, 7) is 6.26. The van der Waals surface area contributed by atoms with E-state index in [1.165, 1.54) is 39.0 Å². The summed E-state index contributed by atoms with van der Waals surface area (Å²) in [5, 5.41) is 1.34. The number of hydrogen-bond acceptors (Lipinski definition) is 1. The zero-order valence-electron chi connectivity index (χ0n) is 22.6. The van der Waals surface area contributed by atoms with Crippen LogP contribution in [0.2, 0.25) is 0 Å². The summed E-state index contributed by atoms with van der Waals surface area (Å²) in [5.74, 6) is 0. The standard InChI is InChI=1S/C37H34N2/c1-3-4-23-35-28(2)38(31-16-8-5-9-17-31)37-25-24-30(27-36(35)37)29-15-14-22-34(26-29)39(32-18-10-6-11-19-32)33-20-12-7-13-21-33/h3,5-8,10-16,18-22,24-27H,1,4,9,17,23H2,2H3. The van der Waals surface area contributed by atoms with Crippen LogP contribution >= 0.6 is 0 Å². The van der Waals surface area contributed by atoms with E-state index in [4.69, 9.17) is 0 Å². The molecule has 0 fully saturated rings. The first-order valence-electron chi connectivity index (χ1n) is 13.9. The quantitative estimate of drug-likeness (QED) is 0.190. The number of anilines is 3. The van der Waals surface area contributed by atoms with E-state index in [9.17, 15) is 0 Å². The fraction of sp³-hybridized carbons (Fsp3) is 0.135. The molecule has 0 saturated heterocycles. The normalized spacial score (nSPS) is 12.9. The lowest BCUT2D eigenvalue weighted by Gasteiger charge is -2.26. The van der Waals surface area contributed by atoms with Gasteiger partial charge in [0.25, 0.3) is 0 Å². The summed E-state index contributed by atoms with van der Waals surface area (Å²) in [6, 6.07) is 37.1. The fourth-order valence-electron chi connectivity index (χ4n) is 5.80. The molecule has 6 rings (SSSR count). The number of nitrogens with zero attached hydrogens (tertiary/aromatic N) is 2. The molecule has 0 unspecified atom stereocenters. The Morgan fingerprint density at radius 3 is 2.15 bits per heavy atom. The van der Waals surface area contributed by atoms with Gasteiger partial charge in [0.15, 0.2) is 0 Å². The first-order chi connectivity index (χ1) is 19.2. The van der Waals surface area contributed by atoms with Crippen LogP contribution in [-0.2, 0) is 6.42 Å². The molecule has 0 aliphatic heterocycles. The lowest BCUT2D eigenvalue weighted by Crippen LogP contribution is -2.09. The molecule has 192 valence electrons. The average molecular weight is 507 g/mol. The van der Waals surface area contributed by atoms with Crippen molar-refractivity contribution in [3.8, 4) is 11.1 Å². The second-order valence-electron chi connectivity index (χ2n) is 10.1. The zero-order chi connectivity index (χ0) is 26.6. The topological polar surface area (TPSA) is 8.17 Å². The van der Waals surface area contributed by atoms with E-state index in [1.807, 2.05) is 6.08 Å². The number of aromatic nitrogens is 1. The molecule has 5 aromatic rings. The highest BCUT2D eigenvalue weighted by Gasteiger charge is 2.18. The van der Waals surface area contributed by atoms with E-state index in [2.05, 4.69) is 144 Å². The lowest BCUT2D eigenvalue weighted by atomic mass is 9.99. The van der Waals surface area contributed by atoms with Gasteiger partial charge in [-0.3, -0.25) is 0 Å². The van der Waals surface area contributed by atoms with Gasteiger partial charge < -0.3 is 9.47 Å². The third-order valence-electron chi connectivity index (χ3n) is 7.68. The second-order valence-corrected chi connectivity index (χ2v) is 10.1. The SMILES string of the molecule is C=CCCc1c(C)n(C2=CC=CCC2)c2ccc(-c3cccc(N(c4ccccc4)c4ccccc4)c3)cc12. The van der Waals surface area contributed by atoms with Crippen molar-refractivity contribution >= 4 is 33.7 Å². The Morgan fingerprint density at radius 1 is 0.795 bits per heavy atom. The Morgan fingerprint density at radius 2 is 1.49 bits per heavy atom. The van der Waals surface area contributed by atoms with Crippen LogP contribution in [0.3, 0.4) is 0 Å². The van der Waals surface area contributed by atoms with E-state index < -0.39 is 0 Å². The molecule has 2 heteroatoms. The molecule has 0 amide bonds. The molecule has 1 aliphatic rings. The van der Waals surface area contributed by atoms with Gasteiger partial charge in [-0.15, -0.1) is 6.58 Å². The van der Waals surface area contributed by atoms with Crippen molar-refractivity contribution in [2.24, 2.45) is 0 Å². The summed E-state index contributed by atoms with van der Waals surface area (Å²) in [6.07, 6.45) is 12.9. The molecule has 2 nitrogen and oxygen atoms in total. The van der Waals surface area contributed by atoms with Crippen molar-refractivity contribution in [3.63, 3.8) is 0 Å². The minimum atomic E-state index is 0.974. The highest BCUT2D eigenvalue weighted by atomic mass is 15.1. The average Bonchev–Trinajstić information content (AvgIpc) is 3.28. The van der Waals surface area contributed by atoms with Crippen LogP contribution in [0.5, 0.6) is 0 Å². The smallest absolute Gasteiger partial charge is 0.0531 e. The van der Waals surface area contributed by atoms with E-state index in [0.29, 0.717) is 0 Å². The highest BCUT2D eigenvalue weighted by Crippen LogP contribution is 2.38. The Hall–Kier alpha value is -4.56. The predicted molar refractivity (Wildman–Crippen MR) is 168 cm³/mol. The maximum atomic E-state index is 3.99. The van der Waals surface area contributed by atoms with Crippen molar-refractivity contribution in [1.82, 2.24) is 4.57 Å². The Bertz CT molecular complexity index is 1630. The molecule has 4 aromatic carbocycles. The molecule has 39 heavy (non-hydrogen) atoms. The summed E-state index contributed by atoms with van der Waals surface area (Å²) in [7, 11) is 0. The largest absolute Gasteiger partial charge is 0.317 e. The van der Waals surface area contributed by atoms with Gasteiger partial charge >= 0.3 is 0 Å².